The van der Waals surface area contributed by atoms with Crippen molar-refractivity contribution in [3.05, 3.63) is 36.2 Å². The standard InChI is InChI=1S/C22H30N4O2/c27-22(19-10-5-2-6-11-19)26-16-14-25(15-17-26)13-7-12-20-23-21(24-28-20)18-8-3-1-4-9-18/h1,3-4,8-9,19H,2,5-7,10-17H2. The van der Waals surface area contributed by atoms with Crippen LogP contribution in [0.4, 0.5) is 0 Å². The predicted octanol–water partition coefficient (Wildman–Crippen LogP) is 3.39. The van der Waals surface area contributed by atoms with E-state index in [1.165, 1.54) is 19.3 Å². The van der Waals surface area contributed by atoms with Gasteiger partial charge in [0.25, 0.3) is 0 Å². The van der Waals surface area contributed by atoms with E-state index in [2.05, 4.69) is 19.9 Å². The molecule has 4 rings (SSSR count). The van der Waals surface area contributed by atoms with Gasteiger partial charge in [0.2, 0.25) is 17.6 Å². The molecule has 1 aliphatic carbocycles. The fourth-order valence-corrected chi connectivity index (χ4v) is 4.31. The summed E-state index contributed by atoms with van der Waals surface area (Å²) in [6, 6.07) is 9.91. The molecule has 28 heavy (non-hydrogen) atoms. The van der Waals surface area contributed by atoms with Crippen molar-refractivity contribution in [2.24, 2.45) is 5.92 Å². The lowest BCUT2D eigenvalue weighted by atomic mass is 9.88. The molecule has 1 amide bonds. The number of rotatable bonds is 6. The Labute approximate surface area is 166 Å². The van der Waals surface area contributed by atoms with Crippen molar-refractivity contribution in [3.63, 3.8) is 0 Å². The van der Waals surface area contributed by atoms with Crippen LogP contribution in [0.1, 0.15) is 44.4 Å². The second-order valence-corrected chi connectivity index (χ2v) is 7.98. The second-order valence-electron chi connectivity index (χ2n) is 7.98. The minimum atomic E-state index is 0.289. The number of aromatic nitrogens is 2. The maximum atomic E-state index is 12.7. The molecule has 6 nitrogen and oxygen atoms in total. The number of hydrogen-bond acceptors (Lipinski definition) is 5. The van der Waals surface area contributed by atoms with Crippen molar-refractivity contribution in [3.8, 4) is 11.4 Å². The molecule has 2 aromatic rings. The van der Waals surface area contributed by atoms with Gasteiger partial charge in [-0.25, -0.2) is 0 Å². The molecule has 1 aliphatic heterocycles. The minimum Gasteiger partial charge on any atom is -0.340 e. The molecule has 150 valence electrons. The molecule has 6 heteroatoms. The Morgan fingerprint density at radius 1 is 1.04 bits per heavy atom. The zero-order valence-electron chi connectivity index (χ0n) is 16.6. The van der Waals surface area contributed by atoms with Crippen LogP contribution in [0.15, 0.2) is 34.9 Å². The molecule has 1 aromatic heterocycles. The van der Waals surface area contributed by atoms with E-state index in [0.29, 0.717) is 17.6 Å². The third-order valence-corrected chi connectivity index (χ3v) is 6.00. The van der Waals surface area contributed by atoms with E-state index in [1.807, 2.05) is 30.3 Å². The van der Waals surface area contributed by atoms with Gasteiger partial charge in [-0.3, -0.25) is 9.69 Å². The Morgan fingerprint density at radius 2 is 1.79 bits per heavy atom. The Bertz CT molecular complexity index is 747. The molecule has 0 radical (unpaired) electrons. The third kappa shape index (κ3) is 4.79. The van der Waals surface area contributed by atoms with E-state index in [-0.39, 0.29) is 5.92 Å². The van der Waals surface area contributed by atoms with E-state index in [0.717, 1.165) is 64.0 Å². The summed E-state index contributed by atoms with van der Waals surface area (Å²) in [6.07, 6.45) is 7.71. The summed E-state index contributed by atoms with van der Waals surface area (Å²) in [7, 11) is 0. The number of carbonyl (C=O) groups excluding carboxylic acids is 1. The van der Waals surface area contributed by atoms with Gasteiger partial charge >= 0.3 is 0 Å². The summed E-state index contributed by atoms with van der Waals surface area (Å²) in [5.74, 6) is 2.05. The van der Waals surface area contributed by atoms with E-state index < -0.39 is 0 Å². The second kappa shape index (κ2) is 9.32. The first-order valence-electron chi connectivity index (χ1n) is 10.7. The van der Waals surface area contributed by atoms with Crippen molar-refractivity contribution in [1.82, 2.24) is 19.9 Å². The van der Waals surface area contributed by atoms with E-state index in [1.54, 1.807) is 0 Å². The molecule has 0 atom stereocenters. The minimum absolute atomic E-state index is 0.289. The highest BCUT2D eigenvalue weighted by molar-refractivity contribution is 5.79. The van der Waals surface area contributed by atoms with Gasteiger partial charge in [-0.1, -0.05) is 54.8 Å². The SMILES string of the molecule is O=C(C1CCCCC1)N1CCN(CCCc2nc(-c3ccccc3)no2)CC1. The molecule has 2 heterocycles. The van der Waals surface area contributed by atoms with Gasteiger partial charge < -0.3 is 9.42 Å². The molecule has 2 aliphatic rings. The van der Waals surface area contributed by atoms with Gasteiger partial charge in [0.05, 0.1) is 0 Å². The lowest BCUT2D eigenvalue weighted by Crippen LogP contribution is -2.50. The van der Waals surface area contributed by atoms with Gasteiger partial charge in [0, 0.05) is 44.1 Å². The average Bonchev–Trinajstić information content (AvgIpc) is 3.24. The monoisotopic (exact) mass is 382 g/mol. The first kappa shape index (κ1) is 19.1. The smallest absolute Gasteiger partial charge is 0.227 e. The zero-order valence-corrected chi connectivity index (χ0v) is 16.6. The Balaban J connectivity index is 1.18. The van der Waals surface area contributed by atoms with E-state index in [9.17, 15) is 4.79 Å². The van der Waals surface area contributed by atoms with Crippen LogP contribution in [0.3, 0.4) is 0 Å². The molecule has 0 bridgehead atoms. The molecular weight excluding hydrogens is 352 g/mol. The average molecular weight is 383 g/mol. The summed E-state index contributed by atoms with van der Waals surface area (Å²) in [6.45, 7) is 4.69. The lowest BCUT2D eigenvalue weighted by molar-refractivity contribution is -0.138. The molecule has 0 N–H and O–H groups in total. The van der Waals surface area contributed by atoms with Crippen LogP contribution in [0.5, 0.6) is 0 Å². The Kier molecular flexibility index (Phi) is 6.37. The van der Waals surface area contributed by atoms with Gasteiger partial charge in [0.15, 0.2) is 0 Å². The van der Waals surface area contributed by atoms with Crippen LogP contribution < -0.4 is 0 Å². The van der Waals surface area contributed by atoms with Gasteiger partial charge in [-0.15, -0.1) is 0 Å². The van der Waals surface area contributed by atoms with Gasteiger partial charge in [0.1, 0.15) is 0 Å². The van der Waals surface area contributed by atoms with Gasteiger partial charge in [-0.2, -0.15) is 4.98 Å². The van der Waals surface area contributed by atoms with Crippen LogP contribution in [0, 0.1) is 5.92 Å². The molecule has 1 saturated heterocycles. The highest BCUT2D eigenvalue weighted by atomic mass is 16.5. The summed E-state index contributed by atoms with van der Waals surface area (Å²) in [4.78, 5) is 21.7. The third-order valence-electron chi connectivity index (χ3n) is 6.00. The maximum absolute atomic E-state index is 12.7. The number of benzene rings is 1. The summed E-state index contributed by atoms with van der Waals surface area (Å²) >= 11 is 0. The van der Waals surface area contributed by atoms with Crippen molar-refractivity contribution in [2.45, 2.75) is 44.9 Å². The summed E-state index contributed by atoms with van der Waals surface area (Å²) in [5, 5.41) is 4.08. The fraction of sp³-hybridized carbons (Fsp3) is 0.591. The molecule has 0 unspecified atom stereocenters. The Morgan fingerprint density at radius 3 is 2.54 bits per heavy atom. The number of amides is 1. The zero-order chi connectivity index (χ0) is 19.2. The fourth-order valence-electron chi connectivity index (χ4n) is 4.31. The van der Waals surface area contributed by atoms with Crippen LogP contribution in [0.25, 0.3) is 11.4 Å². The normalized spacial score (nSPS) is 19.1. The van der Waals surface area contributed by atoms with Crippen LogP contribution in [-0.4, -0.2) is 58.6 Å². The molecule has 1 saturated carbocycles. The topological polar surface area (TPSA) is 62.5 Å². The highest BCUT2D eigenvalue weighted by Crippen LogP contribution is 2.25. The summed E-state index contributed by atoms with van der Waals surface area (Å²) in [5.41, 5.74) is 0.983. The number of nitrogens with zero attached hydrogens (tertiary/aromatic N) is 4. The highest BCUT2D eigenvalue weighted by Gasteiger charge is 2.28. The Hall–Kier alpha value is -2.21. The van der Waals surface area contributed by atoms with E-state index in [4.69, 9.17) is 4.52 Å². The number of piperazine rings is 1. The number of hydrogen-bond donors (Lipinski definition) is 0. The molecular formula is C22H30N4O2. The predicted molar refractivity (Wildman–Crippen MR) is 108 cm³/mol. The first-order chi connectivity index (χ1) is 13.8. The van der Waals surface area contributed by atoms with Gasteiger partial charge in [-0.05, 0) is 25.8 Å². The number of aryl methyl sites for hydroxylation is 1. The van der Waals surface area contributed by atoms with E-state index >= 15 is 0 Å². The van der Waals surface area contributed by atoms with Crippen LogP contribution >= 0.6 is 0 Å². The number of carbonyl (C=O) groups is 1. The largest absolute Gasteiger partial charge is 0.340 e. The first-order valence-corrected chi connectivity index (χ1v) is 10.7. The van der Waals surface area contributed by atoms with Crippen molar-refractivity contribution in [1.29, 1.82) is 0 Å². The van der Waals surface area contributed by atoms with Crippen molar-refractivity contribution >= 4 is 5.91 Å². The lowest BCUT2D eigenvalue weighted by Gasteiger charge is -2.37. The quantitative estimate of drug-likeness (QED) is 0.766. The maximum Gasteiger partial charge on any atom is 0.227 e. The van der Waals surface area contributed by atoms with Crippen molar-refractivity contribution < 1.29 is 9.32 Å². The molecule has 1 aromatic carbocycles. The molecule has 2 fully saturated rings. The van der Waals surface area contributed by atoms with Crippen LogP contribution in [-0.2, 0) is 11.2 Å². The summed E-state index contributed by atoms with van der Waals surface area (Å²) < 4.78 is 5.39. The van der Waals surface area contributed by atoms with Crippen LogP contribution in [0.2, 0.25) is 0 Å². The van der Waals surface area contributed by atoms with Crippen molar-refractivity contribution in [2.75, 3.05) is 32.7 Å². The molecule has 0 spiro atoms.